The molecular formula is C33H35BN2. The van der Waals surface area contributed by atoms with Gasteiger partial charge in [-0.3, -0.25) is 0 Å². The SMILES string of the molecule is Bn1c2ccccc2c2cc(-n3c4c(c5ccccc53)/C=C\CCCCCCCCC/C=C\4)ccc21. The molecule has 2 aromatic heterocycles. The number of para-hydroxylation sites is 2. The minimum Gasteiger partial charge on any atom is -0.393 e. The molecule has 0 aliphatic heterocycles. The molecule has 0 N–H and O–H groups in total. The molecule has 180 valence electrons. The van der Waals surface area contributed by atoms with Gasteiger partial charge in [-0.2, -0.15) is 0 Å². The van der Waals surface area contributed by atoms with Crippen molar-refractivity contribution in [1.29, 1.82) is 0 Å². The monoisotopic (exact) mass is 470 g/mol. The Balaban J connectivity index is 1.55. The highest BCUT2D eigenvalue weighted by molar-refractivity contribution is 6.22. The Morgan fingerprint density at radius 3 is 1.94 bits per heavy atom. The normalized spacial score (nSPS) is 17.6. The van der Waals surface area contributed by atoms with E-state index in [0.717, 1.165) is 12.8 Å². The lowest BCUT2D eigenvalue weighted by atomic mass is 10.1. The van der Waals surface area contributed by atoms with Crippen LogP contribution in [0.2, 0.25) is 0 Å². The standard InChI is InChI=1S/C33H35BN2/c34-36-32-21-15-13-18-28(32)29-24-25(22-23-33(29)36)35-30-19-11-9-7-5-3-1-2-4-6-8-10-16-26(30)27-17-12-14-20-31(27)35/h10-24H,1-9,34H2/b16-10-,19-11-. The first-order valence-electron chi connectivity index (χ1n) is 13.8. The van der Waals surface area contributed by atoms with E-state index in [4.69, 9.17) is 0 Å². The van der Waals surface area contributed by atoms with Crippen LogP contribution in [-0.2, 0) is 0 Å². The van der Waals surface area contributed by atoms with Crippen molar-refractivity contribution in [1.82, 2.24) is 9.05 Å². The van der Waals surface area contributed by atoms with Crippen LogP contribution in [0, 0.1) is 0 Å². The summed E-state index contributed by atoms with van der Waals surface area (Å²) in [4.78, 5) is 0. The van der Waals surface area contributed by atoms with Crippen LogP contribution in [0.3, 0.4) is 0 Å². The van der Waals surface area contributed by atoms with Gasteiger partial charge in [-0.25, -0.2) is 0 Å². The predicted octanol–water partition coefficient (Wildman–Crippen LogP) is 8.69. The number of benzene rings is 3. The lowest BCUT2D eigenvalue weighted by molar-refractivity contribution is 0.584. The van der Waals surface area contributed by atoms with Crippen molar-refractivity contribution in [3.05, 3.63) is 90.1 Å². The van der Waals surface area contributed by atoms with Gasteiger partial charge < -0.3 is 9.05 Å². The maximum Gasteiger partial charge on any atom is 0.223 e. The van der Waals surface area contributed by atoms with Crippen molar-refractivity contribution in [2.75, 3.05) is 0 Å². The number of aromatic nitrogens is 2. The lowest BCUT2D eigenvalue weighted by Crippen LogP contribution is -1.97. The number of allylic oxidation sites excluding steroid dienone is 2. The third-order valence-electron chi connectivity index (χ3n) is 7.91. The molecule has 2 heterocycles. The summed E-state index contributed by atoms with van der Waals surface area (Å²) in [7, 11) is 2.17. The molecule has 0 amide bonds. The zero-order valence-corrected chi connectivity index (χ0v) is 21.4. The third kappa shape index (κ3) is 4.21. The van der Waals surface area contributed by atoms with Gasteiger partial charge in [0.2, 0.25) is 7.98 Å². The van der Waals surface area contributed by atoms with Gasteiger partial charge in [0.1, 0.15) is 0 Å². The first kappa shape index (κ1) is 23.0. The van der Waals surface area contributed by atoms with Crippen LogP contribution in [0.15, 0.2) is 78.9 Å². The largest absolute Gasteiger partial charge is 0.393 e. The topological polar surface area (TPSA) is 9.86 Å². The Kier molecular flexibility index (Phi) is 6.55. The predicted molar refractivity (Wildman–Crippen MR) is 160 cm³/mol. The Morgan fingerprint density at radius 2 is 1.17 bits per heavy atom. The lowest BCUT2D eigenvalue weighted by Gasteiger charge is -2.10. The quantitative estimate of drug-likeness (QED) is 0.217. The first-order valence-corrected chi connectivity index (χ1v) is 13.8. The van der Waals surface area contributed by atoms with Gasteiger partial charge in [0, 0.05) is 38.4 Å². The molecule has 0 spiro atoms. The average molecular weight is 470 g/mol. The van der Waals surface area contributed by atoms with E-state index in [9.17, 15) is 0 Å². The molecular weight excluding hydrogens is 435 g/mol. The van der Waals surface area contributed by atoms with Crippen molar-refractivity contribution < 1.29 is 0 Å². The van der Waals surface area contributed by atoms with E-state index in [1.807, 2.05) is 0 Å². The second kappa shape index (κ2) is 10.3. The molecule has 3 heteroatoms. The number of nitrogens with zero attached hydrogens (tertiary/aromatic N) is 2. The van der Waals surface area contributed by atoms with E-state index in [2.05, 4.69) is 108 Å². The van der Waals surface area contributed by atoms with Gasteiger partial charge in [-0.05, 0) is 62.1 Å². The van der Waals surface area contributed by atoms with Gasteiger partial charge in [0.15, 0.2) is 0 Å². The summed E-state index contributed by atoms with van der Waals surface area (Å²) in [6.45, 7) is 0. The van der Waals surface area contributed by atoms with Crippen LogP contribution in [0.4, 0.5) is 0 Å². The van der Waals surface area contributed by atoms with Gasteiger partial charge >= 0.3 is 0 Å². The van der Waals surface area contributed by atoms with Gasteiger partial charge in [0.05, 0.1) is 11.2 Å². The summed E-state index contributed by atoms with van der Waals surface area (Å²) >= 11 is 0. The van der Waals surface area contributed by atoms with Crippen LogP contribution in [0.25, 0.3) is 50.5 Å². The zero-order valence-electron chi connectivity index (χ0n) is 21.4. The van der Waals surface area contributed by atoms with Gasteiger partial charge in [-0.15, -0.1) is 0 Å². The van der Waals surface area contributed by atoms with Crippen molar-refractivity contribution >= 4 is 52.8 Å². The molecule has 6 rings (SSSR count). The fraction of sp³-hybridized carbons (Fsp3) is 0.273. The fourth-order valence-corrected chi connectivity index (χ4v) is 6.00. The number of rotatable bonds is 1. The Morgan fingerprint density at radius 1 is 0.556 bits per heavy atom. The Bertz CT molecular complexity index is 1580. The number of hydrogen-bond donors (Lipinski definition) is 0. The second-order valence-corrected chi connectivity index (χ2v) is 10.3. The van der Waals surface area contributed by atoms with Crippen molar-refractivity contribution in [3.8, 4) is 5.69 Å². The molecule has 0 radical (unpaired) electrons. The molecule has 3 aromatic carbocycles. The summed E-state index contributed by atoms with van der Waals surface area (Å²) in [5, 5.41) is 3.96. The molecule has 5 aromatic rings. The average Bonchev–Trinajstić information content (AvgIpc) is 3.37. The third-order valence-corrected chi connectivity index (χ3v) is 7.91. The molecule has 0 atom stereocenters. The molecule has 1 aliphatic carbocycles. The van der Waals surface area contributed by atoms with E-state index in [1.54, 1.807) is 0 Å². The van der Waals surface area contributed by atoms with Crippen molar-refractivity contribution in [3.63, 3.8) is 0 Å². The summed E-state index contributed by atoms with van der Waals surface area (Å²) in [5.74, 6) is 0. The summed E-state index contributed by atoms with van der Waals surface area (Å²) < 4.78 is 4.79. The van der Waals surface area contributed by atoms with Crippen molar-refractivity contribution in [2.45, 2.75) is 57.8 Å². The Labute approximate surface area is 215 Å². The van der Waals surface area contributed by atoms with Crippen molar-refractivity contribution in [2.24, 2.45) is 0 Å². The highest BCUT2D eigenvalue weighted by atomic mass is 15.0. The minimum absolute atomic E-state index is 1.15. The summed E-state index contributed by atoms with van der Waals surface area (Å²) in [6, 6.07) is 24.6. The number of hydrogen-bond acceptors (Lipinski definition) is 0. The van der Waals surface area contributed by atoms with E-state index >= 15 is 0 Å². The first-order chi connectivity index (χ1) is 17.8. The molecule has 1 aliphatic rings. The molecule has 2 nitrogen and oxygen atoms in total. The molecule has 0 bridgehead atoms. The van der Waals surface area contributed by atoms with E-state index < -0.39 is 0 Å². The second-order valence-electron chi connectivity index (χ2n) is 10.3. The molecule has 0 unspecified atom stereocenters. The van der Waals surface area contributed by atoms with Crippen LogP contribution in [0.1, 0.15) is 69.0 Å². The number of fused-ring (bicyclic) bond motifs is 6. The molecule has 0 saturated heterocycles. The van der Waals surface area contributed by atoms with Gasteiger partial charge in [-0.1, -0.05) is 86.7 Å². The van der Waals surface area contributed by atoms with E-state index in [-0.39, 0.29) is 0 Å². The molecule has 0 fully saturated rings. The highest BCUT2D eigenvalue weighted by Crippen LogP contribution is 2.35. The molecule has 36 heavy (non-hydrogen) atoms. The Hall–Kier alpha value is -3.46. The van der Waals surface area contributed by atoms with E-state index in [0.29, 0.717) is 0 Å². The maximum atomic E-state index is 2.48. The molecule has 0 saturated carbocycles. The van der Waals surface area contributed by atoms with Crippen LogP contribution in [-0.4, -0.2) is 17.0 Å². The smallest absolute Gasteiger partial charge is 0.223 e. The summed E-state index contributed by atoms with van der Waals surface area (Å²) in [5.41, 5.74) is 7.70. The minimum atomic E-state index is 1.15. The fourth-order valence-electron chi connectivity index (χ4n) is 6.00. The zero-order chi connectivity index (χ0) is 24.3. The summed E-state index contributed by atoms with van der Waals surface area (Å²) in [6.07, 6.45) is 21.3. The maximum absolute atomic E-state index is 2.48. The van der Waals surface area contributed by atoms with Crippen LogP contribution < -0.4 is 0 Å². The highest BCUT2D eigenvalue weighted by Gasteiger charge is 2.16. The van der Waals surface area contributed by atoms with Crippen LogP contribution in [0.5, 0.6) is 0 Å². The van der Waals surface area contributed by atoms with E-state index in [1.165, 1.54) is 94.6 Å². The van der Waals surface area contributed by atoms with Crippen LogP contribution >= 0.6 is 0 Å². The van der Waals surface area contributed by atoms with Gasteiger partial charge in [0.25, 0.3) is 0 Å².